The van der Waals surface area contributed by atoms with Crippen molar-refractivity contribution in [2.45, 2.75) is 52.5 Å². The smallest absolute Gasteiger partial charge is 0.279 e. The zero-order valence-corrected chi connectivity index (χ0v) is 13.3. The molecule has 0 amide bonds. The normalized spacial score (nSPS) is 22.0. The summed E-state index contributed by atoms with van der Waals surface area (Å²) in [6, 6.07) is 0.102. The van der Waals surface area contributed by atoms with Crippen LogP contribution in [0.5, 0.6) is 0 Å². The van der Waals surface area contributed by atoms with E-state index >= 15 is 0 Å². The van der Waals surface area contributed by atoms with E-state index in [1.807, 2.05) is 13.8 Å². The molecule has 2 N–H and O–H groups in total. The first-order chi connectivity index (χ1) is 8.97. The molecule has 1 heterocycles. The van der Waals surface area contributed by atoms with E-state index in [1.54, 1.807) is 4.31 Å². The van der Waals surface area contributed by atoms with Crippen molar-refractivity contribution in [2.75, 3.05) is 26.2 Å². The van der Waals surface area contributed by atoms with Gasteiger partial charge >= 0.3 is 0 Å². The minimum absolute atomic E-state index is 0.102. The van der Waals surface area contributed by atoms with Gasteiger partial charge in [0.1, 0.15) is 0 Å². The quantitative estimate of drug-likeness (QED) is 0.663. The molecule has 1 aliphatic rings. The number of hydrogen-bond donors (Lipinski definition) is 2. The largest absolute Gasteiger partial charge is 0.315 e. The van der Waals surface area contributed by atoms with Gasteiger partial charge in [-0.2, -0.15) is 12.7 Å². The predicted molar refractivity (Wildman–Crippen MR) is 79.3 cm³/mol. The number of hydrogen-bond acceptors (Lipinski definition) is 3. The van der Waals surface area contributed by atoms with Crippen LogP contribution in [0.2, 0.25) is 0 Å². The Morgan fingerprint density at radius 3 is 2.68 bits per heavy atom. The summed E-state index contributed by atoms with van der Waals surface area (Å²) in [6.07, 6.45) is 4.12. The number of nitrogens with zero attached hydrogens (tertiary/aromatic N) is 1. The van der Waals surface area contributed by atoms with Gasteiger partial charge in [0.2, 0.25) is 0 Å². The van der Waals surface area contributed by atoms with Gasteiger partial charge in [-0.25, -0.2) is 4.72 Å². The van der Waals surface area contributed by atoms with Gasteiger partial charge in [0.25, 0.3) is 10.2 Å². The van der Waals surface area contributed by atoms with Gasteiger partial charge in [0, 0.05) is 25.7 Å². The van der Waals surface area contributed by atoms with E-state index in [9.17, 15) is 8.42 Å². The molecule has 0 saturated carbocycles. The van der Waals surface area contributed by atoms with Gasteiger partial charge in [-0.1, -0.05) is 27.2 Å². The van der Waals surface area contributed by atoms with Crippen molar-refractivity contribution in [3.63, 3.8) is 0 Å². The molecule has 0 radical (unpaired) electrons. The van der Waals surface area contributed by atoms with Crippen LogP contribution in [-0.2, 0) is 10.2 Å². The summed E-state index contributed by atoms with van der Waals surface area (Å²) in [5.74, 6) is 0.330. The van der Waals surface area contributed by atoms with Crippen molar-refractivity contribution in [2.24, 2.45) is 5.92 Å². The van der Waals surface area contributed by atoms with Crippen LogP contribution in [-0.4, -0.2) is 44.9 Å². The summed E-state index contributed by atoms with van der Waals surface area (Å²) in [4.78, 5) is 0. The second kappa shape index (κ2) is 8.19. The maximum absolute atomic E-state index is 12.3. The molecule has 0 spiro atoms. The van der Waals surface area contributed by atoms with Gasteiger partial charge in [0.05, 0.1) is 0 Å². The van der Waals surface area contributed by atoms with Crippen molar-refractivity contribution < 1.29 is 8.42 Å². The molecular weight excluding hydrogens is 262 g/mol. The lowest BCUT2D eigenvalue weighted by Gasteiger charge is -2.35. The standard InChI is InChI=1S/C13H29N3O2S/c1-4-8-14-11-13-7-5-6-9-16(13)19(17,18)15-10-12(2)3/h12-15H,4-11H2,1-3H3. The molecule has 6 heteroatoms. The highest BCUT2D eigenvalue weighted by molar-refractivity contribution is 7.87. The van der Waals surface area contributed by atoms with Crippen LogP contribution in [0.1, 0.15) is 46.5 Å². The van der Waals surface area contributed by atoms with E-state index in [0.29, 0.717) is 19.0 Å². The van der Waals surface area contributed by atoms with Crippen LogP contribution < -0.4 is 10.0 Å². The lowest BCUT2D eigenvalue weighted by Crippen LogP contribution is -2.52. The second-order valence-electron chi connectivity index (χ2n) is 5.71. The SMILES string of the molecule is CCCNCC1CCCCN1S(=O)(=O)NCC(C)C. The zero-order valence-electron chi connectivity index (χ0n) is 12.5. The van der Waals surface area contributed by atoms with Gasteiger partial charge in [0.15, 0.2) is 0 Å². The van der Waals surface area contributed by atoms with Crippen molar-refractivity contribution >= 4 is 10.2 Å². The van der Waals surface area contributed by atoms with Crippen molar-refractivity contribution in [1.82, 2.24) is 14.3 Å². The molecule has 0 aromatic heterocycles. The van der Waals surface area contributed by atoms with Crippen molar-refractivity contribution in [1.29, 1.82) is 0 Å². The summed E-state index contributed by atoms with van der Waals surface area (Å²) in [5, 5.41) is 3.34. The van der Waals surface area contributed by atoms with Crippen LogP contribution in [0.25, 0.3) is 0 Å². The Hall–Kier alpha value is -0.170. The lowest BCUT2D eigenvalue weighted by molar-refractivity contribution is 0.242. The highest BCUT2D eigenvalue weighted by atomic mass is 32.2. The fraction of sp³-hybridized carbons (Fsp3) is 1.00. The number of nitrogens with one attached hydrogen (secondary N) is 2. The average molecular weight is 291 g/mol. The van der Waals surface area contributed by atoms with Crippen molar-refractivity contribution in [3.8, 4) is 0 Å². The Labute approximate surface area is 118 Å². The first-order valence-electron chi connectivity index (χ1n) is 7.44. The Morgan fingerprint density at radius 1 is 1.32 bits per heavy atom. The van der Waals surface area contributed by atoms with Gasteiger partial charge in [-0.05, 0) is 31.7 Å². The number of rotatable bonds is 8. The third kappa shape index (κ3) is 5.77. The Bertz CT molecular complexity index is 344. The third-order valence-corrected chi connectivity index (χ3v) is 4.99. The zero-order chi connectivity index (χ0) is 14.3. The molecule has 0 aliphatic carbocycles. The van der Waals surface area contributed by atoms with Gasteiger partial charge < -0.3 is 5.32 Å². The van der Waals surface area contributed by atoms with E-state index in [2.05, 4.69) is 17.0 Å². The maximum Gasteiger partial charge on any atom is 0.279 e. The van der Waals surface area contributed by atoms with E-state index in [-0.39, 0.29) is 6.04 Å². The first-order valence-corrected chi connectivity index (χ1v) is 8.88. The molecule has 1 unspecified atom stereocenters. The molecule has 0 aromatic carbocycles. The molecule has 114 valence electrons. The van der Waals surface area contributed by atoms with Crippen LogP contribution >= 0.6 is 0 Å². The molecule has 1 atom stereocenters. The van der Waals surface area contributed by atoms with E-state index in [4.69, 9.17) is 0 Å². The predicted octanol–water partition coefficient (Wildman–Crippen LogP) is 1.33. The summed E-state index contributed by atoms with van der Waals surface area (Å²) >= 11 is 0. The monoisotopic (exact) mass is 291 g/mol. The Balaban J connectivity index is 2.59. The topological polar surface area (TPSA) is 61.4 Å². The highest BCUT2D eigenvalue weighted by Crippen LogP contribution is 2.19. The van der Waals surface area contributed by atoms with E-state index < -0.39 is 10.2 Å². The maximum atomic E-state index is 12.3. The second-order valence-corrected chi connectivity index (χ2v) is 7.42. The minimum atomic E-state index is -3.32. The van der Waals surface area contributed by atoms with E-state index in [1.165, 1.54) is 0 Å². The number of piperidine rings is 1. The lowest BCUT2D eigenvalue weighted by atomic mass is 10.1. The molecule has 19 heavy (non-hydrogen) atoms. The Kier molecular flexibility index (Phi) is 7.28. The molecule has 1 fully saturated rings. The fourth-order valence-corrected chi connectivity index (χ4v) is 3.95. The molecule has 1 rings (SSSR count). The summed E-state index contributed by atoms with van der Waals surface area (Å²) in [5.41, 5.74) is 0. The van der Waals surface area contributed by atoms with Crippen LogP contribution in [0.4, 0.5) is 0 Å². The first kappa shape index (κ1) is 16.9. The molecule has 5 nitrogen and oxygen atoms in total. The molecule has 0 bridgehead atoms. The summed E-state index contributed by atoms with van der Waals surface area (Å²) < 4.78 is 29.0. The molecule has 1 aliphatic heterocycles. The third-order valence-electron chi connectivity index (χ3n) is 3.36. The van der Waals surface area contributed by atoms with Crippen molar-refractivity contribution in [3.05, 3.63) is 0 Å². The van der Waals surface area contributed by atoms with Gasteiger partial charge in [-0.15, -0.1) is 0 Å². The summed E-state index contributed by atoms with van der Waals surface area (Å²) in [6.45, 7) is 9.00. The average Bonchev–Trinajstić information content (AvgIpc) is 2.37. The Morgan fingerprint density at radius 2 is 2.05 bits per heavy atom. The van der Waals surface area contributed by atoms with Crippen LogP contribution in [0.3, 0.4) is 0 Å². The van der Waals surface area contributed by atoms with E-state index in [0.717, 1.165) is 38.8 Å². The minimum Gasteiger partial charge on any atom is -0.315 e. The van der Waals surface area contributed by atoms with Crippen LogP contribution in [0.15, 0.2) is 0 Å². The molecule has 1 saturated heterocycles. The molecular formula is C13H29N3O2S. The summed E-state index contributed by atoms with van der Waals surface area (Å²) in [7, 11) is -3.32. The van der Waals surface area contributed by atoms with Gasteiger partial charge in [-0.3, -0.25) is 0 Å². The van der Waals surface area contributed by atoms with Crippen LogP contribution in [0, 0.1) is 5.92 Å². The fourth-order valence-electron chi connectivity index (χ4n) is 2.29. The highest BCUT2D eigenvalue weighted by Gasteiger charge is 2.31. The molecule has 0 aromatic rings.